The van der Waals surface area contributed by atoms with E-state index in [1.54, 1.807) is 0 Å². The molecular formula is C19H13NS3. The highest BCUT2D eigenvalue weighted by Gasteiger charge is 2.27. The van der Waals surface area contributed by atoms with Crippen LogP contribution in [0.5, 0.6) is 0 Å². The summed E-state index contributed by atoms with van der Waals surface area (Å²) < 4.78 is 0. The van der Waals surface area contributed by atoms with Gasteiger partial charge in [-0.05, 0) is 41.2 Å². The molecule has 0 unspecified atom stereocenters. The minimum atomic E-state index is -1.91. The van der Waals surface area contributed by atoms with Crippen LogP contribution in [0, 0.1) is 0 Å². The zero-order valence-corrected chi connectivity index (χ0v) is 14.6. The number of benzene rings is 3. The molecular weight excluding hydrogens is 338 g/mol. The zero-order valence-electron chi connectivity index (χ0n) is 12.2. The predicted molar refractivity (Wildman–Crippen MR) is 105 cm³/mol. The van der Waals surface area contributed by atoms with E-state index in [0.717, 1.165) is 32.3 Å². The molecule has 1 heterocycles. The molecule has 1 nitrogen and oxygen atoms in total. The summed E-state index contributed by atoms with van der Waals surface area (Å²) in [6.45, 7) is 0. The Hall–Kier alpha value is -1.88. The number of hydrogen-bond donors (Lipinski definition) is 0. The lowest BCUT2D eigenvalue weighted by Gasteiger charge is -2.09. The molecule has 3 aromatic carbocycles. The van der Waals surface area contributed by atoms with Gasteiger partial charge in [0.2, 0.25) is 0 Å². The summed E-state index contributed by atoms with van der Waals surface area (Å²) in [7, 11) is -1.91. The van der Waals surface area contributed by atoms with Gasteiger partial charge in [-0.15, -0.1) is 0 Å². The van der Waals surface area contributed by atoms with Crippen LogP contribution >= 0.6 is 0 Å². The van der Waals surface area contributed by atoms with Crippen LogP contribution in [-0.4, -0.2) is 5.04 Å². The highest BCUT2D eigenvalue weighted by molar-refractivity contribution is 8.63. The number of nitrogens with zero attached hydrogens (tertiary/aromatic N) is 1. The Balaban J connectivity index is 1.97. The highest BCUT2D eigenvalue weighted by Crippen LogP contribution is 2.42. The molecule has 0 radical (unpaired) electrons. The fourth-order valence-corrected chi connectivity index (χ4v) is 5.91. The first-order chi connectivity index (χ1) is 11.2. The van der Waals surface area contributed by atoms with Crippen molar-refractivity contribution in [3.8, 4) is 11.1 Å². The fourth-order valence-electron chi connectivity index (χ4n) is 2.77. The van der Waals surface area contributed by atoms with Gasteiger partial charge in [0, 0.05) is 16.0 Å². The number of aliphatic imine (C=N–C) groups is 1. The Morgan fingerprint density at radius 2 is 1.26 bits per heavy atom. The van der Waals surface area contributed by atoms with Crippen molar-refractivity contribution in [3.05, 3.63) is 84.4 Å². The van der Waals surface area contributed by atoms with Gasteiger partial charge in [0.25, 0.3) is 0 Å². The van der Waals surface area contributed by atoms with Crippen molar-refractivity contribution >= 4 is 40.3 Å². The molecule has 23 heavy (non-hydrogen) atoms. The monoisotopic (exact) mass is 351 g/mol. The lowest BCUT2D eigenvalue weighted by molar-refractivity contribution is 1.40. The van der Waals surface area contributed by atoms with Gasteiger partial charge < -0.3 is 0 Å². The molecule has 4 heteroatoms. The van der Waals surface area contributed by atoms with Crippen LogP contribution in [0.4, 0.5) is 5.69 Å². The lowest BCUT2D eigenvalue weighted by Crippen LogP contribution is -2.09. The number of fused-ring (bicyclic) bond motifs is 1. The second kappa shape index (κ2) is 5.64. The Labute approximate surface area is 145 Å². The molecule has 1 aliphatic heterocycles. The highest BCUT2D eigenvalue weighted by atomic mass is 33.1. The molecule has 0 saturated carbocycles. The van der Waals surface area contributed by atoms with Gasteiger partial charge in [0.05, 0.1) is 5.69 Å². The fraction of sp³-hybridized carbons (Fsp3) is 0. The largest absolute Gasteiger partial charge is 0.239 e. The summed E-state index contributed by atoms with van der Waals surface area (Å²) in [6, 6.07) is 26.5. The van der Waals surface area contributed by atoms with E-state index in [9.17, 15) is 0 Å². The van der Waals surface area contributed by atoms with E-state index in [-0.39, 0.29) is 0 Å². The average Bonchev–Trinajstić information content (AvgIpc) is 2.88. The number of hydrogen-bond acceptors (Lipinski definition) is 3. The molecule has 0 N–H and O–H groups in total. The number of rotatable bonds is 2. The van der Waals surface area contributed by atoms with Gasteiger partial charge in [-0.3, -0.25) is 0 Å². The maximum Gasteiger partial charge on any atom is 0.116 e. The predicted octanol–water partition coefficient (Wildman–Crippen LogP) is 4.88. The molecule has 112 valence electrons. The van der Waals surface area contributed by atoms with Crippen LogP contribution in [0.2, 0.25) is 0 Å². The van der Waals surface area contributed by atoms with Crippen molar-refractivity contribution in [2.45, 2.75) is 4.90 Å². The Morgan fingerprint density at radius 3 is 1.91 bits per heavy atom. The molecule has 0 aliphatic carbocycles. The second-order valence-corrected chi connectivity index (χ2v) is 10.8. The topological polar surface area (TPSA) is 12.4 Å². The minimum Gasteiger partial charge on any atom is -0.239 e. The summed E-state index contributed by atoms with van der Waals surface area (Å²) in [6.07, 6.45) is 0. The van der Waals surface area contributed by atoms with Gasteiger partial charge in [-0.25, -0.2) is 4.99 Å². The van der Waals surface area contributed by atoms with E-state index in [4.69, 9.17) is 27.4 Å². The summed E-state index contributed by atoms with van der Waals surface area (Å²) in [5, 5.41) is 0.862. The van der Waals surface area contributed by atoms with E-state index < -0.39 is 7.15 Å². The smallest absolute Gasteiger partial charge is 0.116 e. The molecule has 1 aliphatic rings. The van der Waals surface area contributed by atoms with Crippen molar-refractivity contribution in [3.63, 3.8) is 0 Å². The first-order valence-electron chi connectivity index (χ1n) is 7.25. The Kier molecular flexibility index (Phi) is 3.60. The Morgan fingerprint density at radius 1 is 0.652 bits per heavy atom. The summed E-state index contributed by atoms with van der Waals surface area (Å²) in [4.78, 5) is 5.91. The van der Waals surface area contributed by atoms with Crippen LogP contribution in [0.1, 0.15) is 5.56 Å². The third-order valence-electron chi connectivity index (χ3n) is 3.86. The van der Waals surface area contributed by atoms with Crippen LogP contribution in [0.25, 0.3) is 11.1 Å². The van der Waals surface area contributed by atoms with Gasteiger partial charge in [-0.1, -0.05) is 72.8 Å². The molecule has 0 amide bonds. The van der Waals surface area contributed by atoms with Gasteiger partial charge in [0.1, 0.15) is 5.04 Å². The van der Waals surface area contributed by atoms with Crippen LogP contribution in [0.3, 0.4) is 0 Å². The molecule has 4 rings (SSSR count). The van der Waals surface area contributed by atoms with Crippen LogP contribution in [0.15, 0.2) is 88.8 Å². The first-order valence-corrected chi connectivity index (χ1v) is 10.7. The maximum atomic E-state index is 5.84. The third-order valence-corrected chi connectivity index (χ3v) is 7.63. The van der Waals surface area contributed by atoms with Crippen molar-refractivity contribution in [2.24, 2.45) is 4.99 Å². The molecule has 0 fully saturated rings. The lowest BCUT2D eigenvalue weighted by atomic mass is 10.0. The normalized spacial score (nSPS) is 15.0. The van der Waals surface area contributed by atoms with Crippen LogP contribution in [-0.2, 0) is 29.5 Å². The van der Waals surface area contributed by atoms with Crippen molar-refractivity contribution in [2.75, 3.05) is 0 Å². The standard InChI is InChI=1S/C19H13NS3/c21-23(22)17-13-7-12-16(14-8-3-1-4-9-14)18(17)20-19(23)15-10-5-2-6-11-15/h1-13H. The average molecular weight is 352 g/mol. The van der Waals surface area contributed by atoms with E-state index in [1.165, 1.54) is 0 Å². The van der Waals surface area contributed by atoms with E-state index in [2.05, 4.69) is 18.2 Å². The maximum absolute atomic E-state index is 5.84. The minimum absolute atomic E-state index is 0.862. The zero-order chi connectivity index (χ0) is 15.9. The first kappa shape index (κ1) is 14.7. The molecule has 3 aromatic rings. The molecule has 0 atom stereocenters. The summed E-state index contributed by atoms with van der Waals surface area (Å²) >= 11 is 11.7. The molecule has 0 bridgehead atoms. The van der Waals surface area contributed by atoms with E-state index in [0.29, 0.717) is 0 Å². The van der Waals surface area contributed by atoms with Gasteiger partial charge >= 0.3 is 0 Å². The molecule has 0 aromatic heterocycles. The van der Waals surface area contributed by atoms with Crippen LogP contribution < -0.4 is 0 Å². The quantitative estimate of drug-likeness (QED) is 0.652. The molecule has 0 saturated heterocycles. The van der Waals surface area contributed by atoms with E-state index in [1.807, 2.05) is 60.7 Å². The van der Waals surface area contributed by atoms with Crippen molar-refractivity contribution in [1.29, 1.82) is 0 Å². The SMILES string of the molecule is S=S1(=S)C(c2ccccc2)=Nc2c(-c3ccccc3)cccc21. The second-order valence-electron chi connectivity index (χ2n) is 5.30. The molecule has 0 spiro atoms. The van der Waals surface area contributed by atoms with Gasteiger partial charge in [-0.2, -0.15) is 0 Å². The van der Waals surface area contributed by atoms with Crippen molar-refractivity contribution < 1.29 is 0 Å². The van der Waals surface area contributed by atoms with E-state index >= 15 is 0 Å². The summed E-state index contributed by atoms with van der Waals surface area (Å²) in [5.41, 5.74) is 4.21. The third kappa shape index (κ3) is 2.43. The summed E-state index contributed by atoms with van der Waals surface area (Å²) in [5.74, 6) is 0. The Bertz CT molecular complexity index is 1000. The van der Waals surface area contributed by atoms with Gasteiger partial charge in [0.15, 0.2) is 0 Å². The number of para-hydroxylation sites is 1. The van der Waals surface area contributed by atoms with Crippen molar-refractivity contribution in [1.82, 2.24) is 0 Å².